The van der Waals surface area contributed by atoms with E-state index in [2.05, 4.69) is 44.0 Å². The lowest BCUT2D eigenvalue weighted by atomic mass is 9.56. The molecule has 2 saturated heterocycles. The molecule has 0 aromatic rings. The third-order valence-corrected chi connectivity index (χ3v) is 12.0. The largest absolute Gasteiger partial charge is 0.471 e. The first-order valence-electron chi connectivity index (χ1n) is 15.2. The lowest BCUT2D eigenvalue weighted by molar-refractivity contribution is -0.173. The van der Waals surface area contributed by atoms with Crippen molar-refractivity contribution >= 4 is 5.91 Å². The molecule has 4 aliphatic carbocycles. The molecule has 6 aliphatic rings. The maximum absolute atomic E-state index is 12.7. The van der Waals surface area contributed by atoms with Crippen molar-refractivity contribution in [2.75, 3.05) is 19.6 Å². The van der Waals surface area contributed by atoms with E-state index in [0.717, 1.165) is 57.9 Å². The fraction of sp³-hybridized carbons (Fsp3) is 0.839. The lowest BCUT2D eigenvalue weighted by Crippen LogP contribution is -2.54. The number of amides is 1. The molecule has 6 rings (SSSR count). The van der Waals surface area contributed by atoms with E-state index in [1.54, 1.807) is 5.57 Å². The van der Waals surface area contributed by atoms with Crippen LogP contribution in [0.25, 0.3) is 0 Å². The number of halogens is 3. The minimum absolute atomic E-state index is 0.0118. The van der Waals surface area contributed by atoms with Crippen molar-refractivity contribution in [1.82, 2.24) is 10.2 Å². The molecular weight excluding hydrogens is 505 g/mol. The highest BCUT2D eigenvalue weighted by Crippen LogP contribution is 2.65. The molecule has 0 aromatic carbocycles. The van der Waals surface area contributed by atoms with Gasteiger partial charge in [-0.2, -0.15) is 13.2 Å². The standard InChI is InChI=1S/C31H45F3N2O3/c1-17-13-26-27(36(16-17)12-11-35-28(38)31(32,33)34)19(3)30(39-26)10-8-22-23-6-5-20-14-21(37)7-9-29(20,4)25(23)15-24(22)18(30)2/h5,17,19,21-23,25-27,37H,6-16H2,1-4H3,(H,35,38)/t17-,19+,21-,22-,23-,25-,26+,27-,29-,30-/m0/s1. The van der Waals surface area contributed by atoms with Gasteiger partial charge in [0.15, 0.2) is 0 Å². The number of likely N-dealkylation sites (tertiary alicyclic amines) is 1. The summed E-state index contributed by atoms with van der Waals surface area (Å²) < 4.78 is 45.3. The minimum Gasteiger partial charge on any atom is -0.393 e. The van der Waals surface area contributed by atoms with Crippen LogP contribution in [0.4, 0.5) is 13.2 Å². The van der Waals surface area contributed by atoms with E-state index in [-0.39, 0.29) is 41.7 Å². The number of aliphatic hydroxyl groups is 1. The topological polar surface area (TPSA) is 61.8 Å². The van der Waals surface area contributed by atoms with Gasteiger partial charge in [-0.3, -0.25) is 9.69 Å². The monoisotopic (exact) mass is 550 g/mol. The smallest absolute Gasteiger partial charge is 0.393 e. The molecular formula is C31H45F3N2O3. The summed E-state index contributed by atoms with van der Waals surface area (Å²) in [5.41, 5.74) is 4.39. The van der Waals surface area contributed by atoms with E-state index in [1.807, 2.05) is 0 Å². The van der Waals surface area contributed by atoms with Gasteiger partial charge >= 0.3 is 12.1 Å². The highest BCUT2D eigenvalue weighted by Gasteiger charge is 2.61. The summed E-state index contributed by atoms with van der Waals surface area (Å²) in [5.74, 6) is 0.659. The van der Waals surface area contributed by atoms with Crippen LogP contribution in [0.5, 0.6) is 0 Å². The van der Waals surface area contributed by atoms with Crippen LogP contribution in [0, 0.1) is 35.0 Å². The number of hydrogen-bond donors (Lipinski definition) is 2. The molecule has 39 heavy (non-hydrogen) atoms. The zero-order chi connectivity index (χ0) is 27.9. The Hall–Kier alpha value is -1.38. The highest BCUT2D eigenvalue weighted by molar-refractivity contribution is 5.81. The Balaban J connectivity index is 1.23. The van der Waals surface area contributed by atoms with Crippen molar-refractivity contribution in [3.8, 4) is 0 Å². The molecule has 1 spiro atoms. The molecule has 0 bridgehead atoms. The van der Waals surface area contributed by atoms with Crippen LogP contribution in [0.3, 0.4) is 0 Å². The minimum atomic E-state index is -4.85. The van der Waals surface area contributed by atoms with Crippen LogP contribution in [0.2, 0.25) is 0 Å². The molecule has 218 valence electrons. The quantitative estimate of drug-likeness (QED) is 0.463. The fourth-order valence-electron chi connectivity index (χ4n) is 10.1. The molecule has 2 N–H and O–H groups in total. The van der Waals surface area contributed by atoms with Gasteiger partial charge in [-0.15, -0.1) is 0 Å². The van der Waals surface area contributed by atoms with Gasteiger partial charge in [0.25, 0.3) is 0 Å². The molecule has 2 aliphatic heterocycles. The van der Waals surface area contributed by atoms with Crippen molar-refractivity contribution in [2.24, 2.45) is 35.0 Å². The second-order valence-electron chi connectivity index (χ2n) is 14.0. The van der Waals surface area contributed by atoms with Crippen molar-refractivity contribution in [2.45, 2.75) is 109 Å². The van der Waals surface area contributed by atoms with Crippen LogP contribution in [-0.4, -0.2) is 65.6 Å². The van der Waals surface area contributed by atoms with E-state index in [4.69, 9.17) is 4.74 Å². The second-order valence-corrected chi connectivity index (χ2v) is 14.0. The predicted octanol–water partition coefficient (Wildman–Crippen LogP) is 5.39. The summed E-state index contributed by atoms with van der Waals surface area (Å²) in [6, 6.07) is 0.144. The number of allylic oxidation sites excluding steroid dienone is 2. The summed E-state index contributed by atoms with van der Waals surface area (Å²) in [7, 11) is 0. The van der Waals surface area contributed by atoms with Crippen molar-refractivity contribution < 1.29 is 27.8 Å². The molecule has 1 amide bonds. The molecule has 4 fully saturated rings. The third-order valence-electron chi connectivity index (χ3n) is 12.0. The average Bonchev–Trinajstić information content (AvgIpc) is 3.38. The number of carbonyl (C=O) groups excluding carboxylic acids is 1. The predicted molar refractivity (Wildman–Crippen MR) is 143 cm³/mol. The van der Waals surface area contributed by atoms with E-state index in [1.165, 1.54) is 11.1 Å². The Labute approximate surface area is 230 Å². The summed E-state index contributed by atoms with van der Waals surface area (Å²) in [6.07, 6.45) is 5.62. The van der Waals surface area contributed by atoms with Gasteiger partial charge in [0.05, 0.1) is 17.8 Å². The van der Waals surface area contributed by atoms with Gasteiger partial charge < -0.3 is 15.2 Å². The molecule has 0 radical (unpaired) electrons. The number of piperidine rings is 1. The molecule has 2 heterocycles. The molecule has 8 heteroatoms. The highest BCUT2D eigenvalue weighted by atomic mass is 19.4. The van der Waals surface area contributed by atoms with Gasteiger partial charge in [0.2, 0.25) is 0 Å². The Morgan fingerprint density at radius 1 is 1.23 bits per heavy atom. The normalized spacial score (nSPS) is 45.9. The first-order valence-corrected chi connectivity index (χ1v) is 15.2. The molecule has 2 saturated carbocycles. The van der Waals surface area contributed by atoms with Gasteiger partial charge in [0.1, 0.15) is 0 Å². The summed E-state index contributed by atoms with van der Waals surface area (Å²) in [6.45, 7) is 10.4. The number of nitrogens with zero attached hydrogens (tertiary/aromatic N) is 1. The lowest BCUT2D eigenvalue weighted by Gasteiger charge is -2.49. The fourth-order valence-corrected chi connectivity index (χ4v) is 10.1. The van der Waals surface area contributed by atoms with Crippen LogP contribution < -0.4 is 5.32 Å². The van der Waals surface area contributed by atoms with Gasteiger partial charge in [-0.1, -0.05) is 38.0 Å². The number of rotatable bonds is 3. The third kappa shape index (κ3) is 4.34. The SMILES string of the molecule is CC1=C2C[C@H]3[C@@H](CC=C4C[C@@H](O)CC[C@@]43C)[C@@H]2CC[C@]12O[C@@H]1C[C@H](C)CN(CCNC(=O)C(F)(F)F)[C@H]1[C@H]2C. The Bertz CT molecular complexity index is 1070. The van der Waals surface area contributed by atoms with E-state index < -0.39 is 12.1 Å². The van der Waals surface area contributed by atoms with Gasteiger partial charge in [-0.25, -0.2) is 0 Å². The van der Waals surface area contributed by atoms with E-state index in [0.29, 0.717) is 30.2 Å². The van der Waals surface area contributed by atoms with Gasteiger partial charge in [-0.05, 0) is 93.0 Å². The number of alkyl halides is 3. The Morgan fingerprint density at radius 2 is 2.00 bits per heavy atom. The number of carbonyl (C=O) groups is 1. The Morgan fingerprint density at radius 3 is 2.74 bits per heavy atom. The maximum Gasteiger partial charge on any atom is 0.471 e. The van der Waals surface area contributed by atoms with Crippen molar-refractivity contribution in [3.63, 3.8) is 0 Å². The van der Waals surface area contributed by atoms with E-state index >= 15 is 0 Å². The van der Waals surface area contributed by atoms with Crippen LogP contribution in [0.1, 0.15) is 79.1 Å². The molecule has 10 atom stereocenters. The van der Waals surface area contributed by atoms with Crippen molar-refractivity contribution in [1.29, 1.82) is 0 Å². The van der Waals surface area contributed by atoms with Crippen LogP contribution in [-0.2, 0) is 9.53 Å². The number of ether oxygens (including phenoxy) is 1. The molecule has 0 unspecified atom stereocenters. The molecule has 0 aromatic heterocycles. The number of fused-ring (bicyclic) bond motifs is 6. The number of hydrogen-bond acceptors (Lipinski definition) is 4. The zero-order valence-corrected chi connectivity index (χ0v) is 23.8. The van der Waals surface area contributed by atoms with Crippen LogP contribution in [0.15, 0.2) is 22.8 Å². The Kier molecular flexibility index (Phi) is 6.83. The summed E-state index contributed by atoms with van der Waals surface area (Å²) in [4.78, 5) is 13.7. The zero-order valence-electron chi connectivity index (χ0n) is 23.8. The van der Waals surface area contributed by atoms with Crippen LogP contribution >= 0.6 is 0 Å². The first kappa shape index (κ1) is 27.8. The number of nitrogens with one attached hydrogen (secondary N) is 1. The first-order chi connectivity index (χ1) is 18.3. The maximum atomic E-state index is 12.7. The number of aliphatic hydroxyl groups excluding tert-OH is 1. The average molecular weight is 551 g/mol. The van der Waals surface area contributed by atoms with Gasteiger partial charge in [0, 0.05) is 31.6 Å². The second kappa shape index (κ2) is 9.59. The van der Waals surface area contributed by atoms with Crippen molar-refractivity contribution in [3.05, 3.63) is 22.8 Å². The summed E-state index contributed by atoms with van der Waals surface area (Å²) in [5, 5.41) is 12.4. The van der Waals surface area contributed by atoms with E-state index in [9.17, 15) is 23.1 Å². The summed E-state index contributed by atoms with van der Waals surface area (Å²) >= 11 is 0. The molecule has 5 nitrogen and oxygen atoms in total.